The van der Waals surface area contributed by atoms with Gasteiger partial charge in [-0.15, -0.1) is 0 Å². The van der Waals surface area contributed by atoms with Gasteiger partial charge in [-0.05, 0) is 41.3 Å². The van der Waals surface area contributed by atoms with Crippen molar-refractivity contribution in [3.63, 3.8) is 0 Å². The van der Waals surface area contributed by atoms with Crippen LogP contribution in [0.2, 0.25) is 0 Å². The second-order valence-electron chi connectivity index (χ2n) is 9.31. The first-order chi connectivity index (χ1) is 18.0. The van der Waals surface area contributed by atoms with Crippen molar-refractivity contribution in [2.45, 2.75) is 31.3 Å². The smallest absolute Gasteiger partial charge is 0.185 e. The number of benzene rings is 3. The lowest BCUT2D eigenvalue weighted by atomic mass is 9.69. The second kappa shape index (κ2) is 9.48. The Morgan fingerprint density at radius 3 is 2.32 bits per heavy atom. The van der Waals surface area contributed by atoms with E-state index in [-0.39, 0.29) is 5.78 Å². The summed E-state index contributed by atoms with van der Waals surface area (Å²) in [5.74, 6) is 0.125. The van der Waals surface area contributed by atoms with Gasteiger partial charge in [-0.3, -0.25) is 4.79 Å². The van der Waals surface area contributed by atoms with Crippen LogP contribution >= 0.6 is 0 Å². The van der Waals surface area contributed by atoms with Crippen molar-refractivity contribution in [2.24, 2.45) is 5.41 Å². The van der Waals surface area contributed by atoms with Gasteiger partial charge < -0.3 is 14.4 Å². The Bertz CT molecular complexity index is 1450. The Kier molecular flexibility index (Phi) is 6.19. The summed E-state index contributed by atoms with van der Waals surface area (Å²) < 4.78 is 11.0. The van der Waals surface area contributed by atoms with E-state index in [0.29, 0.717) is 22.6 Å². The van der Waals surface area contributed by atoms with Crippen molar-refractivity contribution in [2.75, 3.05) is 19.1 Å². The van der Waals surface area contributed by atoms with Crippen LogP contribution in [-0.2, 0) is 6.42 Å². The SMILES string of the molecule is CCc1ccc(C(=O)[C@@H]2[C@@H](c3ccc(OC)c(OC)c3)C(C#N)(C#N)[C@H]3C=Cc4ccccc4N23)cc1. The van der Waals surface area contributed by atoms with Crippen molar-refractivity contribution in [3.05, 3.63) is 95.1 Å². The Morgan fingerprint density at radius 1 is 0.973 bits per heavy atom. The molecule has 0 aliphatic carbocycles. The summed E-state index contributed by atoms with van der Waals surface area (Å²) >= 11 is 0. The lowest BCUT2D eigenvalue weighted by molar-refractivity contribution is 0.0951. The molecule has 0 bridgehead atoms. The molecule has 37 heavy (non-hydrogen) atoms. The topological polar surface area (TPSA) is 86.3 Å². The number of fused-ring (bicyclic) bond motifs is 3. The third-order valence-corrected chi connectivity index (χ3v) is 7.60. The molecule has 1 saturated heterocycles. The monoisotopic (exact) mass is 489 g/mol. The average molecular weight is 490 g/mol. The molecule has 0 radical (unpaired) electrons. The highest BCUT2D eigenvalue weighted by Crippen LogP contribution is 2.56. The second-order valence-corrected chi connectivity index (χ2v) is 9.31. The quantitative estimate of drug-likeness (QED) is 0.422. The van der Waals surface area contributed by atoms with Crippen molar-refractivity contribution in [1.29, 1.82) is 10.5 Å². The molecule has 6 heteroatoms. The third-order valence-electron chi connectivity index (χ3n) is 7.60. The number of anilines is 1. The number of ketones is 1. The standard InChI is InChI=1S/C31H27N3O3/c1-4-20-9-11-22(12-10-20)30(35)29-28(23-13-15-25(36-2)26(17-23)37-3)31(18-32,19-33)27-16-14-21-7-5-6-8-24(21)34(27)29/h5-17,27-29H,4H2,1-3H3/t27-,28-,29+/m1/s1. The van der Waals surface area contributed by atoms with Crippen LogP contribution in [-0.4, -0.2) is 32.1 Å². The van der Waals surface area contributed by atoms with Crippen LogP contribution in [0.1, 0.15) is 39.9 Å². The fraction of sp³-hybridized carbons (Fsp3) is 0.258. The molecular formula is C31H27N3O3. The van der Waals surface area contributed by atoms with Crippen molar-refractivity contribution >= 4 is 17.5 Å². The maximum absolute atomic E-state index is 14.4. The Labute approximate surface area is 217 Å². The Hall–Kier alpha value is -4.55. The van der Waals surface area contributed by atoms with E-state index in [9.17, 15) is 15.3 Å². The van der Waals surface area contributed by atoms with E-state index < -0.39 is 23.4 Å². The molecule has 0 aromatic heterocycles. The first-order valence-electron chi connectivity index (χ1n) is 12.3. The molecule has 5 rings (SSSR count). The van der Waals surface area contributed by atoms with Gasteiger partial charge in [0.1, 0.15) is 6.04 Å². The lowest BCUT2D eigenvalue weighted by Gasteiger charge is -2.35. The van der Waals surface area contributed by atoms with Gasteiger partial charge >= 0.3 is 0 Å². The highest BCUT2D eigenvalue weighted by Gasteiger charge is 2.63. The van der Waals surface area contributed by atoms with Crippen molar-refractivity contribution in [1.82, 2.24) is 0 Å². The number of ether oxygens (including phenoxy) is 2. The maximum atomic E-state index is 14.4. The van der Waals surface area contributed by atoms with E-state index in [0.717, 1.165) is 23.2 Å². The van der Waals surface area contributed by atoms with Crippen molar-refractivity contribution < 1.29 is 14.3 Å². The summed E-state index contributed by atoms with van der Waals surface area (Å²) in [5.41, 5.74) is 2.60. The van der Waals surface area contributed by atoms with Gasteiger partial charge in [-0.1, -0.05) is 67.6 Å². The minimum atomic E-state index is -1.52. The summed E-state index contributed by atoms with van der Waals surface area (Å²) in [6.45, 7) is 2.07. The van der Waals surface area contributed by atoms with Gasteiger partial charge in [0.25, 0.3) is 0 Å². The molecule has 2 aliphatic rings. The first-order valence-corrected chi connectivity index (χ1v) is 12.3. The van der Waals surface area contributed by atoms with Crippen LogP contribution in [0.15, 0.2) is 72.8 Å². The highest BCUT2D eigenvalue weighted by molar-refractivity contribution is 6.04. The van der Waals surface area contributed by atoms with Crippen LogP contribution in [0.5, 0.6) is 11.5 Å². The average Bonchev–Trinajstić information content (AvgIpc) is 3.27. The van der Waals surface area contributed by atoms with E-state index >= 15 is 0 Å². The number of hydrogen-bond donors (Lipinski definition) is 0. The van der Waals surface area contributed by atoms with Crippen LogP contribution in [0.25, 0.3) is 6.08 Å². The molecule has 3 aromatic rings. The number of carbonyl (C=O) groups excluding carboxylic acids is 1. The number of rotatable bonds is 6. The minimum absolute atomic E-state index is 0.134. The fourth-order valence-electron chi connectivity index (χ4n) is 5.73. The van der Waals surface area contributed by atoms with Crippen LogP contribution in [0, 0.1) is 28.1 Å². The number of aryl methyl sites for hydroxylation is 1. The molecule has 184 valence electrons. The zero-order chi connectivity index (χ0) is 26.2. The highest BCUT2D eigenvalue weighted by atomic mass is 16.5. The van der Waals surface area contributed by atoms with Gasteiger partial charge in [0.15, 0.2) is 22.7 Å². The van der Waals surface area contributed by atoms with E-state index in [2.05, 4.69) is 19.1 Å². The van der Waals surface area contributed by atoms with Crippen molar-refractivity contribution in [3.8, 4) is 23.6 Å². The number of para-hydroxylation sites is 1. The molecule has 0 N–H and O–H groups in total. The van der Waals surface area contributed by atoms with E-state index in [4.69, 9.17) is 9.47 Å². The molecule has 0 amide bonds. The zero-order valence-electron chi connectivity index (χ0n) is 21.0. The number of Topliss-reactive ketones (excluding diaryl/α,β-unsaturated/α-hetero) is 1. The number of carbonyl (C=O) groups is 1. The summed E-state index contributed by atoms with van der Waals surface area (Å²) in [6, 6.07) is 24.0. The number of hydrogen-bond acceptors (Lipinski definition) is 6. The Balaban J connectivity index is 1.76. The van der Waals surface area contributed by atoms with Gasteiger partial charge in [-0.2, -0.15) is 10.5 Å². The predicted molar refractivity (Wildman–Crippen MR) is 142 cm³/mol. The van der Waals surface area contributed by atoms with Crippen LogP contribution in [0.3, 0.4) is 0 Å². The van der Waals surface area contributed by atoms with Gasteiger partial charge in [-0.25, -0.2) is 0 Å². The van der Waals surface area contributed by atoms with Gasteiger partial charge in [0.2, 0.25) is 0 Å². The minimum Gasteiger partial charge on any atom is -0.493 e. The molecule has 0 unspecified atom stereocenters. The number of nitrogens with zero attached hydrogens (tertiary/aromatic N) is 3. The number of methoxy groups -OCH3 is 2. The predicted octanol–water partition coefficient (Wildman–Crippen LogP) is 5.55. The summed E-state index contributed by atoms with van der Waals surface area (Å²) in [6.07, 6.45) is 4.69. The summed E-state index contributed by atoms with van der Waals surface area (Å²) in [7, 11) is 3.09. The molecule has 0 spiro atoms. The summed E-state index contributed by atoms with van der Waals surface area (Å²) in [5, 5.41) is 21.2. The van der Waals surface area contributed by atoms with E-state index in [1.165, 1.54) is 7.11 Å². The molecule has 3 atom stereocenters. The van der Waals surface area contributed by atoms with Crippen LogP contribution in [0.4, 0.5) is 5.69 Å². The molecular weight excluding hydrogens is 462 g/mol. The largest absolute Gasteiger partial charge is 0.493 e. The molecule has 2 heterocycles. The maximum Gasteiger partial charge on any atom is 0.185 e. The summed E-state index contributed by atoms with van der Waals surface area (Å²) in [4.78, 5) is 16.3. The fourth-order valence-corrected chi connectivity index (χ4v) is 5.73. The van der Waals surface area contributed by atoms with E-state index in [1.807, 2.05) is 71.6 Å². The van der Waals surface area contributed by atoms with E-state index in [1.54, 1.807) is 19.2 Å². The van der Waals surface area contributed by atoms with Crippen LogP contribution < -0.4 is 14.4 Å². The third kappa shape index (κ3) is 3.65. The molecule has 2 aliphatic heterocycles. The number of nitriles is 2. The van der Waals surface area contributed by atoms with Gasteiger partial charge in [0.05, 0.1) is 32.4 Å². The first kappa shape index (κ1) is 24.2. The normalized spacial score (nSPS) is 20.8. The Morgan fingerprint density at radius 2 is 1.68 bits per heavy atom. The lowest BCUT2D eigenvalue weighted by Crippen LogP contribution is -2.44. The zero-order valence-corrected chi connectivity index (χ0v) is 21.0. The van der Waals surface area contributed by atoms with Gasteiger partial charge in [0, 0.05) is 17.2 Å². The molecule has 1 fully saturated rings. The molecule has 3 aromatic carbocycles. The molecule has 6 nitrogen and oxygen atoms in total. The molecule has 0 saturated carbocycles.